The van der Waals surface area contributed by atoms with Gasteiger partial charge in [-0.3, -0.25) is 38.4 Å². The van der Waals surface area contributed by atoms with Gasteiger partial charge in [0, 0.05) is 31.3 Å². The van der Waals surface area contributed by atoms with Crippen LogP contribution in [0.2, 0.25) is 0 Å². The Bertz CT molecular complexity index is 1880. The fourth-order valence-electron chi connectivity index (χ4n) is 6.69. The van der Waals surface area contributed by atoms with E-state index in [2.05, 4.69) is 25.8 Å². The van der Waals surface area contributed by atoms with Crippen molar-refractivity contribution >= 4 is 35.1 Å². The lowest BCUT2D eigenvalue weighted by Crippen LogP contribution is -2.54. The average molecular weight is 607 g/mol. The van der Waals surface area contributed by atoms with Gasteiger partial charge >= 0.3 is 6.47 Å². The van der Waals surface area contributed by atoms with Crippen molar-refractivity contribution in [3.63, 3.8) is 0 Å². The minimum absolute atomic E-state index is 0.00768. The van der Waals surface area contributed by atoms with Crippen molar-refractivity contribution in [3.8, 4) is 5.69 Å². The number of likely N-dealkylation sites (tertiary alicyclic amines) is 1. The van der Waals surface area contributed by atoms with Gasteiger partial charge in [-0.25, -0.2) is 4.98 Å². The van der Waals surface area contributed by atoms with Crippen molar-refractivity contribution in [1.29, 1.82) is 0 Å². The van der Waals surface area contributed by atoms with Crippen LogP contribution in [-0.4, -0.2) is 72.7 Å². The molecule has 12 nitrogen and oxygen atoms in total. The number of imide groups is 1. The molecule has 4 aromatic rings. The van der Waals surface area contributed by atoms with E-state index in [0.29, 0.717) is 33.1 Å². The summed E-state index contributed by atoms with van der Waals surface area (Å²) in [7, 11) is 0. The van der Waals surface area contributed by atoms with E-state index in [1.54, 1.807) is 18.5 Å². The lowest BCUT2D eigenvalue weighted by Gasteiger charge is -2.33. The number of nitrogens with zero attached hydrogens (tertiary/aromatic N) is 6. The third-order valence-electron chi connectivity index (χ3n) is 9.04. The zero-order valence-electron chi connectivity index (χ0n) is 24.4. The van der Waals surface area contributed by atoms with E-state index < -0.39 is 17.9 Å². The minimum Gasteiger partial charge on any atom is -0.334 e. The van der Waals surface area contributed by atoms with E-state index >= 15 is 0 Å². The first kappa shape index (κ1) is 28.5. The molecule has 0 radical (unpaired) electrons. The normalized spacial score (nSPS) is 19.3. The van der Waals surface area contributed by atoms with Gasteiger partial charge in [-0.1, -0.05) is 18.2 Å². The smallest absolute Gasteiger partial charge is 0.321 e. The van der Waals surface area contributed by atoms with Crippen LogP contribution < -0.4 is 5.56 Å². The molecule has 3 amide bonds. The zero-order chi connectivity index (χ0) is 31.1. The van der Waals surface area contributed by atoms with Gasteiger partial charge in [-0.2, -0.15) is 0 Å². The molecule has 2 fully saturated rings. The molecule has 0 aliphatic carbocycles. The Labute approximate surface area is 257 Å². The zero-order valence-corrected chi connectivity index (χ0v) is 24.4. The van der Waals surface area contributed by atoms with Crippen LogP contribution in [0, 0.1) is 0 Å². The predicted molar refractivity (Wildman–Crippen MR) is 161 cm³/mol. The summed E-state index contributed by atoms with van der Waals surface area (Å²) >= 11 is 0. The first-order chi connectivity index (χ1) is 21.9. The van der Waals surface area contributed by atoms with Crippen LogP contribution >= 0.6 is 0 Å². The SMILES string of the molecule is O=CON1C(=O)CCC(N2Cc3cc(C4CCN(Cc5ccc6ncn(-c7cccnc7)c(=O)c6c5)CC4)ccc3C2=O)C1=O. The van der Waals surface area contributed by atoms with E-state index in [1.165, 1.54) is 15.8 Å². The molecule has 5 heterocycles. The highest BCUT2D eigenvalue weighted by atomic mass is 16.7. The molecule has 3 aliphatic rings. The van der Waals surface area contributed by atoms with Crippen molar-refractivity contribution < 1.29 is 24.0 Å². The molecule has 228 valence electrons. The van der Waals surface area contributed by atoms with Gasteiger partial charge in [0.15, 0.2) is 0 Å². The van der Waals surface area contributed by atoms with Gasteiger partial charge in [-0.15, -0.1) is 5.06 Å². The second-order valence-electron chi connectivity index (χ2n) is 11.7. The van der Waals surface area contributed by atoms with Gasteiger partial charge in [0.05, 0.1) is 22.8 Å². The van der Waals surface area contributed by atoms with Crippen LogP contribution in [-0.2, 0) is 32.3 Å². The molecule has 2 aromatic heterocycles. The van der Waals surface area contributed by atoms with Crippen LogP contribution in [0.3, 0.4) is 0 Å². The summed E-state index contributed by atoms with van der Waals surface area (Å²) in [6.07, 6.45) is 6.93. The van der Waals surface area contributed by atoms with E-state index in [9.17, 15) is 24.0 Å². The number of benzene rings is 2. The number of hydroxylamine groups is 2. The summed E-state index contributed by atoms with van der Waals surface area (Å²) in [5, 5.41) is 1.03. The molecule has 1 atom stereocenters. The van der Waals surface area contributed by atoms with E-state index in [1.807, 2.05) is 36.4 Å². The molecule has 7 rings (SSSR count). The molecule has 2 saturated heterocycles. The molecule has 1 unspecified atom stereocenters. The highest BCUT2D eigenvalue weighted by Crippen LogP contribution is 2.34. The summed E-state index contributed by atoms with van der Waals surface area (Å²) in [5.74, 6) is -1.23. The Kier molecular flexibility index (Phi) is 7.42. The molecule has 2 aromatic carbocycles. The van der Waals surface area contributed by atoms with Gasteiger partial charge < -0.3 is 9.74 Å². The number of aromatic nitrogens is 3. The van der Waals surface area contributed by atoms with Crippen LogP contribution in [0.1, 0.15) is 58.6 Å². The van der Waals surface area contributed by atoms with Crippen molar-refractivity contribution in [2.24, 2.45) is 0 Å². The Morgan fingerprint density at radius 2 is 1.82 bits per heavy atom. The monoisotopic (exact) mass is 606 g/mol. The Morgan fingerprint density at radius 3 is 2.60 bits per heavy atom. The maximum atomic E-state index is 13.3. The summed E-state index contributed by atoms with van der Waals surface area (Å²) in [5.41, 5.74) is 4.82. The van der Waals surface area contributed by atoms with Crippen LogP contribution in [0.5, 0.6) is 0 Å². The third-order valence-corrected chi connectivity index (χ3v) is 9.04. The predicted octanol–water partition coefficient (Wildman–Crippen LogP) is 2.72. The van der Waals surface area contributed by atoms with Gasteiger partial charge in [-0.05, 0) is 85.3 Å². The second-order valence-corrected chi connectivity index (χ2v) is 11.7. The minimum atomic E-state index is -0.863. The summed E-state index contributed by atoms with van der Waals surface area (Å²) in [6, 6.07) is 14.5. The Balaban J connectivity index is 1.01. The lowest BCUT2D eigenvalue weighted by atomic mass is 9.87. The first-order valence-corrected chi connectivity index (χ1v) is 15.0. The van der Waals surface area contributed by atoms with E-state index in [-0.39, 0.29) is 37.3 Å². The van der Waals surface area contributed by atoms with Gasteiger partial charge in [0.2, 0.25) is 0 Å². The fraction of sp³-hybridized carbons (Fsp3) is 0.303. The quantitative estimate of drug-likeness (QED) is 0.230. The summed E-state index contributed by atoms with van der Waals surface area (Å²) < 4.78 is 1.51. The fourth-order valence-corrected chi connectivity index (χ4v) is 6.69. The number of fused-ring (bicyclic) bond motifs is 2. The summed E-state index contributed by atoms with van der Waals surface area (Å²) in [6.45, 7) is 2.79. The maximum absolute atomic E-state index is 13.3. The largest absolute Gasteiger partial charge is 0.334 e. The van der Waals surface area contributed by atoms with Crippen molar-refractivity contribution in [2.45, 2.75) is 50.7 Å². The number of carbonyl (C=O) groups excluding carboxylic acids is 4. The molecule has 12 heteroatoms. The highest BCUT2D eigenvalue weighted by Gasteiger charge is 2.44. The van der Waals surface area contributed by atoms with Crippen molar-refractivity contribution in [1.82, 2.24) is 29.4 Å². The third kappa shape index (κ3) is 5.27. The molecule has 45 heavy (non-hydrogen) atoms. The Hall–Kier alpha value is -5.23. The Morgan fingerprint density at radius 1 is 0.978 bits per heavy atom. The molecule has 0 bridgehead atoms. The van der Waals surface area contributed by atoms with Crippen LogP contribution in [0.15, 0.2) is 72.0 Å². The van der Waals surface area contributed by atoms with Crippen molar-refractivity contribution in [3.05, 3.63) is 99.9 Å². The van der Waals surface area contributed by atoms with Gasteiger partial charge in [0.1, 0.15) is 12.4 Å². The topological polar surface area (TPSA) is 135 Å². The first-order valence-electron chi connectivity index (χ1n) is 15.0. The highest BCUT2D eigenvalue weighted by molar-refractivity contribution is 6.05. The van der Waals surface area contributed by atoms with Crippen LogP contribution in [0.4, 0.5) is 0 Å². The average Bonchev–Trinajstić information content (AvgIpc) is 3.39. The van der Waals surface area contributed by atoms with E-state index in [0.717, 1.165) is 49.2 Å². The molecule has 0 spiro atoms. The number of pyridine rings is 1. The second kappa shape index (κ2) is 11.7. The molecular weight excluding hydrogens is 576 g/mol. The molecule has 0 saturated carbocycles. The molecule has 0 N–H and O–H groups in total. The number of hydrogen-bond acceptors (Lipinski definition) is 9. The number of carbonyl (C=O) groups is 4. The number of rotatable bonds is 7. The van der Waals surface area contributed by atoms with Gasteiger partial charge in [0.25, 0.3) is 23.3 Å². The molecular formula is C33H30N6O6. The van der Waals surface area contributed by atoms with Crippen molar-refractivity contribution in [2.75, 3.05) is 13.1 Å². The van der Waals surface area contributed by atoms with Crippen LogP contribution in [0.25, 0.3) is 16.6 Å². The molecule has 3 aliphatic heterocycles. The summed E-state index contributed by atoms with van der Waals surface area (Å²) in [4.78, 5) is 79.2. The standard InChI is InChI=1S/C33H30N6O6/c40-20-45-39-30(41)8-7-29(33(39)44)37-18-24-15-23(4-5-26(24)31(37)42)22-9-12-36(13-10-22)17-21-3-6-28-27(14-21)32(43)38(19-35-28)25-2-1-11-34-16-25/h1-6,11,14-16,19-20,22,29H,7-10,12-13,17-18H2. The maximum Gasteiger partial charge on any atom is 0.321 e. The number of hydrogen-bond donors (Lipinski definition) is 0. The number of piperidine rings is 2. The van der Waals surface area contributed by atoms with E-state index in [4.69, 9.17) is 0 Å². The number of amides is 3. The lowest BCUT2D eigenvalue weighted by molar-refractivity contribution is -0.200.